The van der Waals surface area contributed by atoms with E-state index < -0.39 is 5.25 Å². The third kappa shape index (κ3) is 7.73. The quantitative estimate of drug-likeness (QED) is 0.155. The van der Waals surface area contributed by atoms with Gasteiger partial charge in [0.15, 0.2) is 0 Å². The summed E-state index contributed by atoms with van der Waals surface area (Å²) in [7, 11) is 0. The topological polar surface area (TPSA) is 67.4 Å². The van der Waals surface area contributed by atoms with Crippen molar-refractivity contribution in [3.05, 3.63) is 120 Å². The summed E-state index contributed by atoms with van der Waals surface area (Å²) in [5.41, 5.74) is 4.03. The fourth-order valence-corrected chi connectivity index (χ4v) is 4.76. The number of thioether (sulfide) groups is 1. The Bertz CT molecular complexity index is 1320. The number of rotatable bonds is 11. The first-order chi connectivity index (χ1) is 18.5. The van der Waals surface area contributed by atoms with Crippen molar-refractivity contribution in [2.75, 3.05) is 17.2 Å². The van der Waals surface area contributed by atoms with E-state index in [-0.39, 0.29) is 11.8 Å². The summed E-state index contributed by atoms with van der Waals surface area (Å²) in [6.45, 7) is 4.80. The van der Waals surface area contributed by atoms with E-state index in [1.807, 2.05) is 110 Å². The summed E-state index contributed by atoms with van der Waals surface area (Å²) >= 11 is 1.46. The molecule has 0 aliphatic carbocycles. The molecule has 0 saturated carbocycles. The number of unbranched alkanes of at least 4 members (excludes halogenated alkanes) is 1. The SMILES string of the molecule is CCCCOc1ccc(NC(=O)C(Sc2ccc(NC(=O)c3ccc(C)cc3)cc2)c2ccccc2)cc1. The van der Waals surface area contributed by atoms with Crippen LogP contribution in [0.1, 0.15) is 46.5 Å². The fourth-order valence-electron chi connectivity index (χ4n) is 3.74. The summed E-state index contributed by atoms with van der Waals surface area (Å²) in [6.07, 6.45) is 2.09. The molecule has 4 aromatic rings. The zero-order valence-corrected chi connectivity index (χ0v) is 22.5. The Hall–Kier alpha value is -4.03. The summed E-state index contributed by atoms with van der Waals surface area (Å²) in [4.78, 5) is 26.9. The monoisotopic (exact) mass is 524 g/mol. The predicted molar refractivity (Wildman–Crippen MR) is 156 cm³/mol. The van der Waals surface area contributed by atoms with Crippen LogP contribution >= 0.6 is 11.8 Å². The molecule has 1 atom stereocenters. The Morgan fingerprint density at radius 2 is 1.42 bits per heavy atom. The third-order valence-corrected chi connectivity index (χ3v) is 7.18. The van der Waals surface area contributed by atoms with Gasteiger partial charge in [0, 0.05) is 21.8 Å². The first kappa shape index (κ1) is 27.0. The third-order valence-electron chi connectivity index (χ3n) is 5.91. The number of nitrogens with one attached hydrogen (secondary N) is 2. The number of aryl methyl sites for hydroxylation is 1. The van der Waals surface area contributed by atoms with Gasteiger partial charge < -0.3 is 15.4 Å². The fraction of sp³-hybridized carbons (Fsp3) is 0.188. The second kappa shape index (κ2) is 13.5. The molecule has 1 unspecified atom stereocenters. The highest BCUT2D eigenvalue weighted by Gasteiger charge is 2.22. The number of ether oxygens (including phenoxy) is 1. The maximum atomic E-state index is 13.4. The second-order valence-corrected chi connectivity index (χ2v) is 10.1. The minimum atomic E-state index is -0.454. The van der Waals surface area contributed by atoms with Gasteiger partial charge in [0.25, 0.3) is 5.91 Å². The average molecular weight is 525 g/mol. The van der Waals surface area contributed by atoms with Gasteiger partial charge in [0.1, 0.15) is 11.0 Å². The maximum absolute atomic E-state index is 13.4. The molecule has 0 aliphatic rings. The highest BCUT2D eigenvalue weighted by Crippen LogP contribution is 2.37. The van der Waals surface area contributed by atoms with Crippen molar-refractivity contribution >= 4 is 35.0 Å². The molecule has 5 nitrogen and oxygen atoms in total. The molecule has 2 N–H and O–H groups in total. The number of anilines is 2. The van der Waals surface area contributed by atoms with Crippen LogP contribution in [0.15, 0.2) is 108 Å². The van der Waals surface area contributed by atoms with E-state index in [2.05, 4.69) is 17.6 Å². The van der Waals surface area contributed by atoms with Gasteiger partial charge in [-0.25, -0.2) is 0 Å². The molecule has 0 bridgehead atoms. The van der Waals surface area contributed by atoms with Crippen molar-refractivity contribution in [1.29, 1.82) is 0 Å². The van der Waals surface area contributed by atoms with Crippen LogP contribution in [0.5, 0.6) is 5.75 Å². The first-order valence-corrected chi connectivity index (χ1v) is 13.6. The van der Waals surface area contributed by atoms with E-state index in [1.165, 1.54) is 11.8 Å². The van der Waals surface area contributed by atoms with Crippen molar-refractivity contribution < 1.29 is 14.3 Å². The number of carbonyl (C=O) groups is 2. The van der Waals surface area contributed by atoms with E-state index in [4.69, 9.17) is 4.74 Å². The van der Waals surface area contributed by atoms with E-state index in [1.54, 1.807) is 0 Å². The first-order valence-electron chi connectivity index (χ1n) is 12.8. The maximum Gasteiger partial charge on any atom is 0.255 e. The van der Waals surface area contributed by atoms with Gasteiger partial charge in [-0.3, -0.25) is 9.59 Å². The van der Waals surface area contributed by atoms with Crippen LogP contribution in [-0.4, -0.2) is 18.4 Å². The molecule has 0 heterocycles. The Morgan fingerprint density at radius 3 is 2.08 bits per heavy atom. The molecule has 0 radical (unpaired) electrons. The molecule has 6 heteroatoms. The number of amides is 2. The highest BCUT2D eigenvalue weighted by molar-refractivity contribution is 8.00. The van der Waals surface area contributed by atoms with E-state index in [0.717, 1.165) is 34.6 Å². The van der Waals surface area contributed by atoms with Crippen LogP contribution in [0.4, 0.5) is 11.4 Å². The van der Waals surface area contributed by atoms with Crippen LogP contribution in [0.2, 0.25) is 0 Å². The summed E-state index contributed by atoms with van der Waals surface area (Å²) in [5, 5.41) is 5.52. The molecule has 194 valence electrons. The van der Waals surface area contributed by atoms with Gasteiger partial charge in [-0.1, -0.05) is 61.4 Å². The largest absolute Gasteiger partial charge is 0.494 e. The number of hydrogen-bond acceptors (Lipinski definition) is 4. The zero-order valence-electron chi connectivity index (χ0n) is 21.6. The minimum absolute atomic E-state index is 0.113. The molecular weight excluding hydrogens is 492 g/mol. The molecule has 0 aliphatic heterocycles. The highest BCUT2D eigenvalue weighted by atomic mass is 32.2. The smallest absolute Gasteiger partial charge is 0.255 e. The van der Waals surface area contributed by atoms with Gasteiger partial charge in [-0.05, 0) is 79.6 Å². The number of hydrogen-bond donors (Lipinski definition) is 2. The number of benzene rings is 4. The lowest BCUT2D eigenvalue weighted by atomic mass is 10.1. The molecule has 38 heavy (non-hydrogen) atoms. The Kier molecular flexibility index (Phi) is 9.59. The standard InChI is InChI=1S/C32H32N2O3S/c1-3-4-22-37-28-18-14-26(15-19-28)34-32(36)30(24-8-6-5-7-9-24)38-29-20-16-27(17-21-29)33-31(35)25-12-10-23(2)11-13-25/h5-21,30H,3-4,22H2,1-2H3,(H,33,35)(H,34,36). The lowest BCUT2D eigenvalue weighted by Crippen LogP contribution is -2.19. The van der Waals surface area contributed by atoms with Crippen molar-refractivity contribution in [2.45, 2.75) is 36.8 Å². The van der Waals surface area contributed by atoms with E-state index in [0.29, 0.717) is 23.5 Å². The summed E-state index contributed by atoms with van der Waals surface area (Å²) in [5.74, 6) is 0.520. The molecule has 0 saturated heterocycles. The Balaban J connectivity index is 1.42. The number of carbonyl (C=O) groups excluding carboxylic acids is 2. The van der Waals surface area contributed by atoms with Crippen LogP contribution < -0.4 is 15.4 Å². The van der Waals surface area contributed by atoms with Crippen molar-refractivity contribution in [3.63, 3.8) is 0 Å². The Morgan fingerprint density at radius 1 is 0.789 bits per heavy atom. The van der Waals surface area contributed by atoms with Crippen LogP contribution in [0, 0.1) is 6.92 Å². The van der Waals surface area contributed by atoms with Crippen LogP contribution in [-0.2, 0) is 4.79 Å². The van der Waals surface area contributed by atoms with Gasteiger partial charge in [-0.2, -0.15) is 0 Å². The van der Waals surface area contributed by atoms with Gasteiger partial charge >= 0.3 is 0 Å². The average Bonchev–Trinajstić information content (AvgIpc) is 2.94. The van der Waals surface area contributed by atoms with Crippen molar-refractivity contribution in [3.8, 4) is 5.75 Å². The van der Waals surface area contributed by atoms with Gasteiger partial charge in [-0.15, -0.1) is 11.8 Å². The van der Waals surface area contributed by atoms with Gasteiger partial charge in [0.2, 0.25) is 5.91 Å². The van der Waals surface area contributed by atoms with E-state index >= 15 is 0 Å². The molecule has 4 rings (SSSR count). The summed E-state index contributed by atoms with van der Waals surface area (Å²) < 4.78 is 5.72. The predicted octanol–water partition coefficient (Wildman–Crippen LogP) is 7.90. The van der Waals surface area contributed by atoms with Crippen LogP contribution in [0.3, 0.4) is 0 Å². The van der Waals surface area contributed by atoms with Gasteiger partial charge in [0.05, 0.1) is 6.61 Å². The molecule has 0 spiro atoms. The minimum Gasteiger partial charge on any atom is -0.494 e. The van der Waals surface area contributed by atoms with Crippen molar-refractivity contribution in [2.24, 2.45) is 0 Å². The summed E-state index contributed by atoms with van der Waals surface area (Å²) in [6, 6.07) is 32.2. The molecule has 4 aromatic carbocycles. The van der Waals surface area contributed by atoms with Crippen molar-refractivity contribution in [1.82, 2.24) is 0 Å². The molecule has 0 fully saturated rings. The lowest BCUT2D eigenvalue weighted by Gasteiger charge is -2.18. The molecular formula is C32H32N2O3S. The normalized spacial score (nSPS) is 11.4. The zero-order chi connectivity index (χ0) is 26.7. The Labute approximate surface area is 228 Å². The second-order valence-electron chi connectivity index (χ2n) is 8.97. The lowest BCUT2D eigenvalue weighted by molar-refractivity contribution is -0.115. The van der Waals surface area contributed by atoms with Crippen LogP contribution in [0.25, 0.3) is 0 Å². The van der Waals surface area contributed by atoms with E-state index in [9.17, 15) is 9.59 Å². The molecule has 2 amide bonds. The molecule has 0 aromatic heterocycles.